The molecule has 0 amide bonds. The molecule has 2 unspecified atom stereocenters. The van der Waals surface area contributed by atoms with Gasteiger partial charge in [-0.05, 0) is 24.7 Å². The molecule has 0 saturated heterocycles. The van der Waals surface area contributed by atoms with Gasteiger partial charge < -0.3 is 20.3 Å². The Labute approximate surface area is 115 Å². The number of carbonyl (C=O) groups is 1. The van der Waals surface area contributed by atoms with Gasteiger partial charge in [-0.15, -0.1) is 0 Å². The van der Waals surface area contributed by atoms with Crippen molar-refractivity contribution < 1.29 is 19.7 Å². The molecule has 108 valence electrons. The molecule has 0 fully saturated rings. The first-order valence-electron chi connectivity index (χ1n) is 6.14. The van der Waals surface area contributed by atoms with Crippen LogP contribution in [0.5, 0.6) is 0 Å². The molecule has 7 heteroatoms. The van der Waals surface area contributed by atoms with Crippen LogP contribution in [0.1, 0.15) is 22.0 Å². The van der Waals surface area contributed by atoms with Gasteiger partial charge in [0.05, 0.1) is 30.5 Å². The quantitative estimate of drug-likeness (QED) is 0.572. The lowest BCUT2D eigenvalue weighted by Gasteiger charge is -2.18. The molecule has 0 aliphatic carbocycles. The molecule has 1 aromatic carbocycles. The maximum Gasteiger partial charge on any atom is 0.338 e. The van der Waals surface area contributed by atoms with E-state index in [9.17, 15) is 15.0 Å². The molecule has 2 atom stereocenters. The Balaban J connectivity index is 2.46. The number of benzene rings is 1. The van der Waals surface area contributed by atoms with Gasteiger partial charge in [-0.3, -0.25) is 5.10 Å². The van der Waals surface area contributed by atoms with Crippen molar-refractivity contribution in [2.75, 3.05) is 20.7 Å². The van der Waals surface area contributed by atoms with Crippen LogP contribution in [0.3, 0.4) is 0 Å². The predicted octanol–water partition coefficient (Wildman–Crippen LogP) is -0.0368. The summed E-state index contributed by atoms with van der Waals surface area (Å²) >= 11 is 0. The molecule has 0 aliphatic rings. The van der Waals surface area contributed by atoms with E-state index in [1.165, 1.54) is 19.4 Å². The summed E-state index contributed by atoms with van der Waals surface area (Å²) in [5.41, 5.74) is 1.31. The number of methoxy groups -OCH3 is 1. The number of esters is 1. The molecule has 0 bridgehead atoms. The van der Waals surface area contributed by atoms with Crippen LogP contribution in [-0.4, -0.2) is 53.2 Å². The van der Waals surface area contributed by atoms with Crippen LogP contribution in [0.2, 0.25) is 0 Å². The van der Waals surface area contributed by atoms with E-state index in [4.69, 9.17) is 4.74 Å². The van der Waals surface area contributed by atoms with Crippen molar-refractivity contribution in [2.24, 2.45) is 0 Å². The lowest BCUT2D eigenvalue weighted by molar-refractivity contribution is 0.0202. The van der Waals surface area contributed by atoms with Gasteiger partial charge in [-0.2, -0.15) is 5.10 Å². The number of aliphatic hydroxyl groups excluding tert-OH is 2. The number of carbonyl (C=O) groups excluding carboxylic acids is 1. The highest BCUT2D eigenvalue weighted by Crippen LogP contribution is 2.25. The number of hydrogen-bond acceptors (Lipinski definition) is 6. The summed E-state index contributed by atoms with van der Waals surface area (Å²) in [7, 11) is 2.96. The molecule has 1 aromatic heterocycles. The van der Waals surface area contributed by atoms with E-state index in [0.717, 1.165) is 0 Å². The second kappa shape index (κ2) is 6.00. The summed E-state index contributed by atoms with van der Waals surface area (Å²) in [4.78, 5) is 11.8. The Hall–Kier alpha value is -1.96. The summed E-state index contributed by atoms with van der Waals surface area (Å²) in [6.45, 7) is 0.232. The number of likely N-dealkylation sites (N-methyl/N-ethyl adjacent to an activating group) is 1. The molecule has 0 spiro atoms. The van der Waals surface area contributed by atoms with E-state index in [1.54, 1.807) is 13.1 Å². The highest BCUT2D eigenvalue weighted by molar-refractivity contribution is 6.03. The van der Waals surface area contributed by atoms with E-state index >= 15 is 0 Å². The zero-order valence-corrected chi connectivity index (χ0v) is 11.3. The van der Waals surface area contributed by atoms with Gasteiger partial charge in [0.15, 0.2) is 0 Å². The zero-order valence-electron chi connectivity index (χ0n) is 11.3. The summed E-state index contributed by atoms with van der Waals surface area (Å²) in [5, 5.41) is 29.9. The molecule has 2 rings (SSSR count). The fourth-order valence-corrected chi connectivity index (χ4v) is 2.07. The number of aromatic amines is 1. The van der Waals surface area contributed by atoms with E-state index in [-0.39, 0.29) is 6.54 Å². The van der Waals surface area contributed by atoms with E-state index in [2.05, 4.69) is 15.5 Å². The first kappa shape index (κ1) is 14.4. The Kier molecular flexibility index (Phi) is 4.33. The van der Waals surface area contributed by atoms with Crippen LogP contribution in [0.4, 0.5) is 0 Å². The average molecular weight is 279 g/mol. The van der Waals surface area contributed by atoms with Crippen LogP contribution in [0, 0.1) is 0 Å². The highest BCUT2D eigenvalue weighted by atomic mass is 16.5. The molecular weight excluding hydrogens is 262 g/mol. The fraction of sp³-hybridized carbons (Fsp3) is 0.385. The van der Waals surface area contributed by atoms with Crippen molar-refractivity contribution in [2.45, 2.75) is 12.2 Å². The summed E-state index contributed by atoms with van der Waals surface area (Å²) in [6.07, 6.45) is -0.577. The third-order valence-electron chi connectivity index (χ3n) is 3.11. The van der Waals surface area contributed by atoms with Crippen molar-refractivity contribution in [3.05, 3.63) is 29.5 Å². The summed E-state index contributed by atoms with van der Waals surface area (Å²) < 4.78 is 4.72. The largest absolute Gasteiger partial charge is 0.465 e. The molecule has 4 N–H and O–H groups in total. The Bertz CT molecular complexity index is 611. The van der Waals surface area contributed by atoms with Gasteiger partial charge in [0.2, 0.25) is 0 Å². The van der Waals surface area contributed by atoms with Crippen LogP contribution < -0.4 is 5.32 Å². The van der Waals surface area contributed by atoms with Crippen LogP contribution >= 0.6 is 0 Å². The lowest BCUT2D eigenvalue weighted by Crippen LogP contribution is -2.29. The maximum absolute atomic E-state index is 11.8. The number of ether oxygens (including phenoxy) is 1. The van der Waals surface area contributed by atoms with Crippen LogP contribution in [0.25, 0.3) is 10.9 Å². The van der Waals surface area contributed by atoms with Gasteiger partial charge in [-0.1, -0.05) is 0 Å². The normalized spacial score (nSPS) is 14.2. The number of fused-ring (bicyclic) bond motifs is 1. The molecule has 0 aliphatic heterocycles. The van der Waals surface area contributed by atoms with Crippen molar-refractivity contribution in [3.63, 3.8) is 0 Å². The number of nitrogens with one attached hydrogen (secondary N) is 2. The van der Waals surface area contributed by atoms with Gasteiger partial charge in [0, 0.05) is 11.9 Å². The minimum Gasteiger partial charge on any atom is -0.465 e. The molecule has 1 heterocycles. The number of nitrogens with zero attached hydrogens (tertiary/aromatic N) is 1. The predicted molar refractivity (Wildman–Crippen MR) is 72.3 cm³/mol. The first-order valence-corrected chi connectivity index (χ1v) is 6.14. The lowest BCUT2D eigenvalue weighted by atomic mass is 9.99. The van der Waals surface area contributed by atoms with Crippen molar-refractivity contribution >= 4 is 16.9 Å². The minimum absolute atomic E-state index is 0.232. The average Bonchev–Trinajstić information content (AvgIpc) is 2.93. The number of hydrogen-bond donors (Lipinski definition) is 4. The van der Waals surface area contributed by atoms with Crippen LogP contribution in [0.15, 0.2) is 18.3 Å². The second-order valence-corrected chi connectivity index (χ2v) is 4.46. The fourth-order valence-electron chi connectivity index (χ4n) is 2.07. The Morgan fingerprint density at radius 1 is 1.50 bits per heavy atom. The van der Waals surface area contributed by atoms with Crippen LogP contribution in [-0.2, 0) is 4.74 Å². The molecular formula is C13H17N3O4. The number of aromatic nitrogens is 2. The third-order valence-corrected chi connectivity index (χ3v) is 3.11. The third kappa shape index (κ3) is 2.64. The Morgan fingerprint density at radius 3 is 2.90 bits per heavy atom. The smallest absolute Gasteiger partial charge is 0.338 e. The summed E-state index contributed by atoms with van der Waals surface area (Å²) in [5.74, 6) is -0.520. The number of aliphatic hydroxyl groups is 2. The van der Waals surface area contributed by atoms with E-state index in [0.29, 0.717) is 22.0 Å². The van der Waals surface area contributed by atoms with Crippen molar-refractivity contribution in [1.29, 1.82) is 0 Å². The first-order chi connectivity index (χ1) is 9.58. The summed E-state index contributed by atoms with van der Waals surface area (Å²) in [6, 6.07) is 3.16. The minimum atomic E-state index is -1.11. The number of H-pyrrole nitrogens is 1. The number of rotatable bonds is 5. The molecule has 0 radical (unpaired) electrons. The SMILES string of the molecule is CNCC(O)C(O)c1cc(C(=O)OC)c2cn[nH]c2c1. The standard InChI is InChI=1S/C13H17N3O4/c1-14-6-11(17)12(18)7-3-8(13(19)20-2)9-5-15-16-10(9)4-7/h3-5,11-12,14,17-18H,6H2,1-2H3,(H,15,16). The van der Waals surface area contributed by atoms with E-state index in [1.807, 2.05) is 0 Å². The molecule has 0 saturated carbocycles. The molecule has 2 aromatic rings. The van der Waals surface area contributed by atoms with Gasteiger partial charge in [0.25, 0.3) is 0 Å². The Morgan fingerprint density at radius 2 is 2.25 bits per heavy atom. The second-order valence-electron chi connectivity index (χ2n) is 4.46. The van der Waals surface area contributed by atoms with E-state index < -0.39 is 18.2 Å². The maximum atomic E-state index is 11.8. The van der Waals surface area contributed by atoms with Crippen molar-refractivity contribution in [1.82, 2.24) is 15.5 Å². The molecule has 7 nitrogen and oxygen atoms in total. The zero-order chi connectivity index (χ0) is 14.7. The highest BCUT2D eigenvalue weighted by Gasteiger charge is 2.21. The molecule has 20 heavy (non-hydrogen) atoms. The van der Waals surface area contributed by atoms with Crippen molar-refractivity contribution in [3.8, 4) is 0 Å². The topological polar surface area (TPSA) is 107 Å². The monoisotopic (exact) mass is 279 g/mol. The van der Waals surface area contributed by atoms with Gasteiger partial charge in [0.1, 0.15) is 6.10 Å². The van der Waals surface area contributed by atoms with Gasteiger partial charge >= 0.3 is 5.97 Å². The van der Waals surface area contributed by atoms with Gasteiger partial charge in [-0.25, -0.2) is 4.79 Å².